The van der Waals surface area contributed by atoms with Gasteiger partial charge in [-0.2, -0.15) is 0 Å². The number of likely N-dealkylation sites (tertiary alicyclic amines) is 1. The molecule has 6 heteroatoms. The molecule has 0 unspecified atom stereocenters. The molecule has 2 aromatic carbocycles. The molecule has 1 saturated heterocycles. The number of hydrogen-bond acceptors (Lipinski definition) is 3. The lowest BCUT2D eigenvalue weighted by Gasteiger charge is -2.33. The maximum absolute atomic E-state index is 12.7. The second kappa shape index (κ2) is 9.51. The topological polar surface area (TPSA) is 74.6 Å². The quantitative estimate of drug-likeness (QED) is 0.618. The molecule has 0 aliphatic carbocycles. The van der Waals surface area contributed by atoms with E-state index in [4.69, 9.17) is 4.42 Å². The van der Waals surface area contributed by atoms with Crippen molar-refractivity contribution >= 4 is 17.6 Å². The van der Waals surface area contributed by atoms with E-state index in [1.165, 1.54) is 0 Å². The van der Waals surface area contributed by atoms with Gasteiger partial charge in [0.15, 0.2) is 0 Å². The summed E-state index contributed by atoms with van der Waals surface area (Å²) in [7, 11) is 0. The van der Waals surface area contributed by atoms with E-state index >= 15 is 0 Å². The third-order valence-electron chi connectivity index (χ3n) is 5.57. The highest BCUT2D eigenvalue weighted by Gasteiger charge is 2.25. The van der Waals surface area contributed by atoms with Crippen LogP contribution in [0.25, 0.3) is 0 Å². The summed E-state index contributed by atoms with van der Waals surface area (Å²) in [5, 5.41) is 5.87. The molecular formula is C25H27N3O3. The molecule has 1 aliphatic heterocycles. The molecule has 31 heavy (non-hydrogen) atoms. The first-order valence-corrected chi connectivity index (χ1v) is 10.6. The van der Waals surface area contributed by atoms with Gasteiger partial charge in [-0.05, 0) is 61.7 Å². The summed E-state index contributed by atoms with van der Waals surface area (Å²) in [6.07, 6.45) is 1.92. The van der Waals surface area contributed by atoms with Crippen molar-refractivity contribution in [2.24, 2.45) is 0 Å². The summed E-state index contributed by atoms with van der Waals surface area (Å²) in [4.78, 5) is 27.1. The monoisotopic (exact) mass is 417 g/mol. The highest BCUT2D eigenvalue weighted by Crippen LogP contribution is 2.28. The maximum Gasteiger partial charge on any atom is 0.321 e. The molecule has 1 fully saturated rings. The van der Waals surface area contributed by atoms with Crippen LogP contribution in [0.1, 0.15) is 46.2 Å². The molecule has 1 atom stereocenters. The molecule has 1 aliphatic rings. The van der Waals surface area contributed by atoms with Crippen molar-refractivity contribution in [2.75, 3.05) is 18.4 Å². The second-order valence-electron chi connectivity index (χ2n) is 7.90. The Hall–Kier alpha value is -3.54. The standard InChI is InChI=1S/C25H27N3O3/c1-18-12-13-23(31-18)16-26-24(29)20-8-5-7-19(15-20)21-9-6-14-28(17-21)25(30)27-22-10-3-2-4-11-22/h2-5,7-8,10-13,15,21H,6,9,14,16-17H2,1H3,(H,26,29)(H,27,30)/t21-/m1/s1. The summed E-state index contributed by atoms with van der Waals surface area (Å²) < 4.78 is 5.51. The van der Waals surface area contributed by atoms with E-state index < -0.39 is 0 Å². The molecule has 2 heterocycles. The average molecular weight is 418 g/mol. The number of anilines is 1. The Labute approximate surface area is 182 Å². The first-order valence-electron chi connectivity index (χ1n) is 10.6. The fourth-order valence-electron chi connectivity index (χ4n) is 3.94. The van der Waals surface area contributed by atoms with Gasteiger partial charge in [0.2, 0.25) is 0 Å². The number of para-hydroxylation sites is 1. The highest BCUT2D eigenvalue weighted by molar-refractivity contribution is 5.94. The van der Waals surface area contributed by atoms with Crippen LogP contribution in [0, 0.1) is 6.92 Å². The Morgan fingerprint density at radius 1 is 1.06 bits per heavy atom. The van der Waals surface area contributed by atoms with Crippen molar-refractivity contribution in [1.82, 2.24) is 10.2 Å². The van der Waals surface area contributed by atoms with Crippen LogP contribution in [-0.2, 0) is 6.54 Å². The highest BCUT2D eigenvalue weighted by atomic mass is 16.3. The molecule has 3 aromatic rings. The van der Waals surface area contributed by atoms with Gasteiger partial charge < -0.3 is 20.0 Å². The number of furan rings is 1. The van der Waals surface area contributed by atoms with Crippen molar-refractivity contribution in [1.29, 1.82) is 0 Å². The Balaban J connectivity index is 1.38. The number of nitrogens with one attached hydrogen (secondary N) is 2. The number of carbonyl (C=O) groups is 2. The number of nitrogens with zero attached hydrogens (tertiary/aromatic N) is 1. The first kappa shape index (κ1) is 20.7. The van der Waals surface area contributed by atoms with Crippen LogP contribution in [0.3, 0.4) is 0 Å². The molecule has 0 radical (unpaired) electrons. The zero-order valence-electron chi connectivity index (χ0n) is 17.6. The molecule has 4 rings (SSSR count). The van der Waals surface area contributed by atoms with Crippen LogP contribution < -0.4 is 10.6 Å². The number of rotatable bonds is 5. The molecule has 0 spiro atoms. The van der Waals surface area contributed by atoms with Crippen molar-refractivity contribution in [2.45, 2.75) is 32.2 Å². The van der Waals surface area contributed by atoms with Crippen LogP contribution in [-0.4, -0.2) is 29.9 Å². The van der Waals surface area contributed by atoms with E-state index in [9.17, 15) is 9.59 Å². The molecule has 3 amide bonds. The minimum absolute atomic E-state index is 0.0847. The van der Waals surface area contributed by atoms with Gasteiger partial charge in [0.25, 0.3) is 5.91 Å². The molecular weight excluding hydrogens is 390 g/mol. The minimum Gasteiger partial charge on any atom is -0.465 e. The second-order valence-corrected chi connectivity index (χ2v) is 7.90. The Morgan fingerprint density at radius 3 is 2.68 bits per heavy atom. The lowest BCUT2D eigenvalue weighted by atomic mass is 9.89. The number of benzene rings is 2. The van der Waals surface area contributed by atoms with E-state index in [1.54, 1.807) is 0 Å². The number of amides is 3. The molecule has 1 aromatic heterocycles. The van der Waals surface area contributed by atoms with E-state index in [0.717, 1.165) is 42.2 Å². The van der Waals surface area contributed by atoms with E-state index in [1.807, 2.05) is 78.6 Å². The average Bonchev–Trinajstić information content (AvgIpc) is 3.23. The van der Waals surface area contributed by atoms with E-state index in [2.05, 4.69) is 10.6 Å². The molecule has 0 bridgehead atoms. The predicted octanol–water partition coefficient (Wildman–Crippen LogP) is 4.93. The summed E-state index contributed by atoms with van der Waals surface area (Å²) in [5.74, 6) is 1.62. The molecule has 160 valence electrons. The van der Waals surface area contributed by atoms with Gasteiger partial charge in [0, 0.05) is 30.3 Å². The van der Waals surface area contributed by atoms with Crippen LogP contribution in [0.15, 0.2) is 71.1 Å². The fourth-order valence-corrected chi connectivity index (χ4v) is 3.94. The lowest BCUT2D eigenvalue weighted by molar-refractivity contribution is 0.0947. The molecule has 6 nitrogen and oxygen atoms in total. The van der Waals surface area contributed by atoms with Gasteiger partial charge in [0.1, 0.15) is 11.5 Å². The van der Waals surface area contributed by atoms with Crippen molar-refractivity contribution < 1.29 is 14.0 Å². The van der Waals surface area contributed by atoms with Gasteiger partial charge in [-0.15, -0.1) is 0 Å². The zero-order valence-corrected chi connectivity index (χ0v) is 17.6. The van der Waals surface area contributed by atoms with Crippen LogP contribution >= 0.6 is 0 Å². The van der Waals surface area contributed by atoms with Crippen molar-refractivity contribution in [3.8, 4) is 0 Å². The number of hydrogen-bond donors (Lipinski definition) is 2. The number of aryl methyl sites for hydroxylation is 1. The predicted molar refractivity (Wildman–Crippen MR) is 120 cm³/mol. The Morgan fingerprint density at radius 2 is 1.90 bits per heavy atom. The van der Waals surface area contributed by atoms with Gasteiger partial charge in [-0.1, -0.05) is 30.3 Å². The van der Waals surface area contributed by atoms with Crippen LogP contribution in [0.4, 0.5) is 10.5 Å². The number of carbonyl (C=O) groups excluding carboxylic acids is 2. The van der Waals surface area contributed by atoms with Gasteiger partial charge in [0.05, 0.1) is 6.54 Å². The number of piperidine rings is 1. The van der Waals surface area contributed by atoms with E-state index in [0.29, 0.717) is 18.7 Å². The summed E-state index contributed by atoms with van der Waals surface area (Å²) >= 11 is 0. The third kappa shape index (κ3) is 5.34. The van der Waals surface area contributed by atoms with Crippen LogP contribution in [0.2, 0.25) is 0 Å². The van der Waals surface area contributed by atoms with E-state index in [-0.39, 0.29) is 17.9 Å². The van der Waals surface area contributed by atoms with Crippen molar-refractivity contribution in [3.63, 3.8) is 0 Å². The van der Waals surface area contributed by atoms with Gasteiger partial charge >= 0.3 is 6.03 Å². The zero-order chi connectivity index (χ0) is 21.6. The summed E-state index contributed by atoms with van der Waals surface area (Å²) in [6.45, 7) is 3.60. The van der Waals surface area contributed by atoms with Gasteiger partial charge in [-0.25, -0.2) is 4.79 Å². The molecule has 2 N–H and O–H groups in total. The van der Waals surface area contributed by atoms with Gasteiger partial charge in [-0.3, -0.25) is 4.79 Å². The Kier molecular flexibility index (Phi) is 6.36. The lowest BCUT2D eigenvalue weighted by Crippen LogP contribution is -2.41. The number of urea groups is 1. The normalized spacial score (nSPS) is 16.0. The van der Waals surface area contributed by atoms with Crippen LogP contribution in [0.5, 0.6) is 0 Å². The third-order valence-corrected chi connectivity index (χ3v) is 5.57. The smallest absolute Gasteiger partial charge is 0.321 e. The largest absolute Gasteiger partial charge is 0.465 e. The maximum atomic E-state index is 12.7. The molecule has 0 saturated carbocycles. The van der Waals surface area contributed by atoms with Crippen molar-refractivity contribution in [3.05, 3.63) is 89.4 Å². The minimum atomic E-state index is -0.134. The summed E-state index contributed by atoms with van der Waals surface area (Å²) in [6, 6.07) is 20.8. The first-order chi connectivity index (χ1) is 15.1. The SMILES string of the molecule is Cc1ccc(CNC(=O)c2cccc([C@@H]3CCCN(C(=O)Nc4ccccc4)C3)c2)o1. The Bertz CT molecular complexity index is 1040. The summed E-state index contributed by atoms with van der Waals surface area (Å²) in [5.41, 5.74) is 2.49. The fraction of sp³-hybridized carbons (Fsp3) is 0.280.